The van der Waals surface area contributed by atoms with E-state index >= 15 is 0 Å². The van der Waals surface area contributed by atoms with E-state index in [9.17, 15) is 0 Å². The van der Waals surface area contributed by atoms with E-state index in [0.29, 0.717) is 0 Å². The molecular weight excluding hydrogens is 234 g/mol. The van der Waals surface area contributed by atoms with Crippen molar-refractivity contribution in [2.24, 2.45) is 0 Å². The molecule has 2 heteroatoms. The van der Waals surface area contributed by atoms with Gasteiger partial charge in [-0.2, -0.15) is 0 Å². The van der Waals surface area contributed by atoms with Gasteiger partial charge in [0.05, 0.1) is 12.2 Å². The monoisotopic (exact) mass is 253 g/mol. The van der Waals surface area contributed by atoms with Gasteiger partial charge in [0.2, 0.25) is 0 Å². The maximum atomic E-state index is 6.11. The van der Waals surface area contributed by atoms with Crippen molar-refractivity contribution in [1.29, 1.82) is 0 Å². The Bertz CT molecular complexity index is 619. The molecule has 0 spiro atoms. The number of anilines is 1. The highest BCUT2D eigenvalue weighted by atomic mass is 16.5. The number of hydrogen-bond acceptors (Lipinski definition) is 2. The Labute approximate surface area is 114 Å². The minimum Gasteiger partial charge on any atom is -0.482 e. The van der Waals surface area contributed by atoms with E-state index in [-0.39, 0.29) is 6.10 Å². The molecule has 1 heterocycles. The molecule has 1 aliphatic heterocycles. The van der Waals surface area contributed by atoms with Gasteiger partial charge in [-0.3, -0.25) is 0 Å². The van der Waals surface area contributed by atoms with Crippen molar-refractivity contribution >= 4 is 5.69 Å². The lowest BCUT2D eigenvalue weighted by Gasteiger charge is -2.28. The second-order valence-electron chi connectivity index (χ2n) is 5.33. The second kappa shape index (κ2) is 4.61. The molecule has 0 amide bonds. The van der Waals surface area contributed by atoms with Gasteiger partial charge in [0.1, 0.15) is 11.9 Å². The Hall–Kier alpha value is -1.96. The van der Waals surface area contributed by atoms with Crippen molar-refractivity contribution in [3.8, 4) is 5.75 Å². The van der Waals surface area contributed by atoms with Gasteiger partial charge in [-0.25, -0.2) is 0 Å². The van der Waals surface area contributed by atoms with Crippen LogP contribution in [0.3, 0.4) is 0 Å². The average Bonchev–Trinajstić information content (AvgIpc) is 2.41. The van der Waals surface area contributed by atoms with Gasteiger partial charge in [-0.05, 0) is 55.2 Å². The zero-order valence-electron chi connectivity index (χ0n) is 11.7. The van der Waals surface area contributed by atoms with Gasteiger partial charge in [0.25, 0.3) is 0 Å². The average molecular weight is 253 g/mol. The Morgan fingerprint density at radius 3 is 2.63 bits per heavy atom. The molecule has 1 unspecified atom stereocenters. The van der Waals surface area contributed by atoms with Crippen LogP contribution in [0.4, 0.5) is 5.69 Å². The van der Waals surface area contributed by atoms with Crippen molar-refractivity contribution in [2.45, 2.75) is 26.9 Å². The predicted octanol–water partition coefficient (Wildman–Crippen LogP) is 4.16. The molecule has 19 heavy (non-hydrogen) atoms. The fourth-order valence-corrected chi connectivity index (χ4v) is 2.43. The first kappa shape index (κ1) is 12.1. The molecule has 0 aliphatic carbocycles. The summed E-state index contributed by atoms with van der Waals surface area (Å²) in [6.45, 7) is 7.19. The van der Waals surface area contributed by atoms with Crippen LogP contribution in [0, 0.1) is 20.8 Å². The fraction of sp³-hybridized carbons (Fsp3) is 0.294. The predicted molar refractivity (Wildman–Crippen MR) is 79.0 cm³/mol. The van der Waals surface area contributed by atoms with Crippen molar-refractivity contribution in [2.75, 3.05) is 11.9 Å². The maximum Gasteiger partial charge on any atom is 0.143 e. The standard InChI is InChI=1S/C17H19NO/c1-11-4-7-16-15(8-11)18-10-17(19-16)14-6-5-12(2)13(3)9-14/h4-9,17-18H,10H2,1-3H3. The zero-order chi connectivity index (χ0) is 13.4. The molecule has 0 aromatic heterocycles. The number of benzene rings is 2. The SMILES string of the molecule is Cc1ccc2c(c1)NCC(c1ccc(C)c(C)c1)O2. The second-order valence-corrected chi connectivity index (χ2v) is 5.33. The van der Waals surface area contributed by atoms with Crippen LogP contribution in [0.5, 0.6) is 5.75 Å². The molecule has 2 aromatic carbocycles. The summed E-state index contributed by atoms with van der Waals surface area (Å²) >= 11 is 0. The number of aryl methyl sites for hydroxylation is 3. The number of nitrogens with one attached hydrogen (secondary N) is 1. The van der Waals surface area contributed by atoms with E-state index in [0.717, 1.165) is 18.0 Å². The number of hydrogen-bond donors (Lipinski definition) is 1. The van der Waals surface area contributed by atoms with Gasteiger partial charge in [0, 0.05) is 0 Å². The molecule has 98 valence electrons. The quantitative estimate of drug-likeness (QED) is 0.824. The lowest BCUT2D eigenvalue weighted by Crippen LogP contribution is -2.23. The first-order valence-corrected chi connectivity index (χ1v) is 6.72. The molecule has 0 bridgehead atoms. The van der Waals surface area contributed by atoms with Crippen LogP contribution in [0.1, 0.15) is 28.4 Å². The molecule has 1 atom stereocenters. The Kier molecular flexibility index (Phi) is 2.94. The molecule has 3 rings (SSSR count). The fourth-order valence-electron chi connectivity index (χ4n) is 2.43. The minimum atomic E-state index is 0.0921. The van der Waals surface area contributed by atoms with E-state index in [1.165, 1.54) is 22.3 Å². The van der Waals surface area contributed by atoms with E-state index in [2.05, 4.69) is 56.4 Å². The number of ether oxygens (including phenoxy) is 1. The van der Waals surface area contributed by atoms with Crippen molar-refractivity contribution in [1.82, 2.24) is 0 Å². The minimum absolute atomic E-state index is 0.0921. The summed E-state index contributed by atoms with van der Waals surface area (Å²) in [7, 11) is 0. The van der Waals surface area contributed by atoms with Gasteiger partial charge in [0.15, 0.2) is 0 Å². The third-order valence-electron chi connectivity index (χ3n) is 3.78. The first-order chi connectivity index (χ1) is 9.13. The summed E-state index contributed by atoms with van der Waals surface area (Å²) in [6.07, 6.45) is 0.0921. The molecule has 0 saturated carbocycles. The van der Waals surface area contributed by atoms with E-state index < -0.39 is 0 Å². The lowest BCUT2D eigenvalue weighted by atomic mass is 10.0. The van der Waals surface area contributed by atoms with Crippen LogP contribution >= 0.6 is 0 Å². The molecular formula is C17H19NO. The van der Waals surface area contributed by atoms with E-state index in [4.69, 9.17) is 4.74 Å². The van der Waals surface area contributed by atoms with E-state index in [1.54, 1.807) is 0 Å². The van der Waals surface area contributed by atoms with Gasteiger partial charge >= 0.3 is 0 Å². The third kappa shape index (κ3) is 2.30. The highest BCUT2D eigenvalue weighted by Crippen LogP contribution is 2.35. The van der Waals surface area contributed by atoms with E-state index in [1.807, 2.05) is 6.07 Å². The van der Waals surface area contributed by atoms with Crippen molar-refractivity contribution in [3.05, 3.63) is 58.7 Å². The van der Waals surface area contributed by atoms with Crippen LogP contribution in [0.15, 0.2) is 36.4 Å². The summed E-state index contributed by atoms with van der Waals surface area (Å²) < 4.78 is 6.11. The Balaban J connectivity index is 1.89. The molecule has 2 nitrogen and oxygen atoms in total. The largest absolute Gasteiger partial charge is 0.482 e. The highest BCUT2D eigenvalue weighted by Gasteiger charge is 2.20. The lowest BCUT2D eigenvalue weighted by molar-refractivity contribution is 0.210. The molecule has 0 saturated heterocycles. The normalized spacial score (nSPS) is 17.3. The van der Waals surface area contributed by atoms with Crippen LogP contribution in [-0.4, -0.2) is 6.54 Å². The molecule has 1 N–H and O–H groups in total. The van der Waals surface area contributed by atoms with Gasteiger partial charge in [-0.1, -0.05) is 24.3 Å². The summed E-state index contributed by atoms with van der Waals surface area (Å²) in [6, 6.07) is 12.8. The summed E-state index contributed by atoms with van der Waals surface area (Å²) in [5.74, 6) is 0.945. The molecule has 1 aliphatic rings. The van der Waals surface area contributed by atoms with Gasteiger partial charge in [-0.15, -0.1) is 0 Å². The number of fused-ring (bicyclic) bond motifs is 1. The Morgan fingerprint density at radius 2 is 1.84 bits per heavy atom. The topological polar surface area (TPSA) is 21.3 Å². The van der Waals surface area contributed by atoms with Crippen molar-refractivity contribution < 1.29 is 4.74 Å². The molecule has 0 radical (unpaired) electrons. The van der Waals surface area contributed by atoms with Crippen LogP contribution in [-0.2, 0) is 0 Å². The highest BCUT2D eigenvalue weighted by molar-refractivity contribution is 5.59. The number of rotatable bonds is 1. The van der Waals surface area contributed by atoms with Crippen LogP contribution in [0.2, 0.25) is 0 Å². The smallest absolute Gasteiger partial charge is 0.143 e. The summed E-state index contributed by atoms with van der Waals surface area (Å²) in [5, 5.41) is 3.46. The van der Waals surface area contributed by atoms with Gasteiger partial charge < -0.3 is 10.1 Å². The third-order valence-corrected chi connectivity index (χ3v) is 3.78. The molecule has 2 aromatic rings. The van der Waals surface area contributed by atoms with Crippen LogP contribution in [0.25, 0.3) is 0 Å². The summed E-state index contributed by atoms with van der Waals surface area (Å²) in [4.78, 5) is 0. The van der Waals surface area contributed by atoms with Crippen molar-refractivity contribution in [3.63, 3.8) is 0 Å². The first-order valence-electron chi connectivity index (χ1n) is 6.72. The van der Waals surface area contributed by atoms with Crippen LogP contribution < -0.4 is 10.1 Å². The summed E-state index contributed by atoms with van der Waals surface area (Å²) in [5.41, 5.74) is 6.22. The molecule has 0 fully saturated rings. The zero-order valence-corrected chi connectivity index (χ0v) is 11.7. The Morgan fingerprint density at radius 1 is 1.00 bits per heavy atom. The maximum absolute atomic E-state index is 6.11.